The molecule has 0 radical (unpaired) electrons. The Hall–Kier alpha value is -3.41. The second-order valence-electron chi connectivity index (χ2n) is 6.56. The SMILES string of the molecule is O=C(NCc1cccnc1Oc1cccc(F)c1)[C@H]1COc2ccccc2C1. The fraction of sp³-hybridized carbons (Fsp3) is 0.182. The lowest BCUT2D eigenvalue weighted by molar-refractivity contribution is -0.126. The second-order valence-corrected chi connectivity index (χ2v) is 6.56. The highest BCUT2D eigenvalue weighted by Gasteiger charge is 2.25. The minimum absolute atomic E-state index is 0.0879. The van der Waals surface area contributed by atoms with Gasteiger partial charge in [0.15, 0.2) is 0 Å². The molecule has 0 saturated heterocycles. The van der Waals surface area contributed by atoms with Crippen molar-refractivity contribution in [1.82, 2.24) is 10.3 Å². The van der Waals surface area contributed by atoms with Crippen LogP contribution in [0.15, 0.2) is 66.9 Å². The summed E-state index contributed by atoms with van der Waals surface area (Å²) in [5.41, 5.74) is 1.74. The third-order valence-corrected chi connectivity index (χ3v) is 4.56. The van der Waals surface area contributed by atoms with Crippen LogP contribution < -0.4 is 14.8 Å². The summed E-state index contributed by atoms with van der Waals surface area (Å²) in [5, 5.41) is 2.92. The van der Waals surface area contributed by atoms with Crippen LogP contribution in [0.25, 0.3) is 0 Å². The van der Waals surface area contributed by atoms with E-state index in [1.165, 1.54) is 12.1 Å². The number of rotatable bonds is 5. The highest BCUT2D eigenvalue weighted by atomic mass is 19.1. The van der Waals surface area contributed by atoms with E-state index in [1.807, 2.05) is 30.3 Å². The smallest absolute Gasteiger partial charge is 0.227 e. The number of fused-ring (bicyclic) bond motifs is 1. The zero-order valence-electron chi connectivity index (χ0n) is 15.1. The molecule has 0 bridgehead atoms. The molecule has 3 aromatic rings. The Labute approximate surface area is 162 Å². The van der Waals surface area contributed by atoms with Gasteiger partial charge in [0.2, 0.25) is 11.8 Å². The maximum atomic E-state index is 13.4. The lowest BCUT2D eigenvalue weighted by Gasteiger charge is -2.24. The van der Waals surface area contributed by atoms with E-state index in [2.05, 4.69) is 10.3 Å². The van der Waals surface area contributed by atoms with E-state index in [0.29, 0.717) is 30.2 Å². The average Bonchev–Trinajstić information content (AvgIpc) is 2.72. The largest absolute Gasteiger partial charge is 0.492 e. The Bertz CT molecular complexity index is 993. The van der Waals surface area contributed by atoms with Crippen molar-refractivity contribution in [3.63, 3.8) is 0 Å². The summed E-state index contributed by atoms with van der Waals surface area (Å²) < 4.78 is 24.7. The first-order valence-electron chi connectivity index (χ1n) is 9.05. The van der Waals surface area contributed by atoms with Crippen molar-refractivity contribution in [2.45, 2.75) is 13.0 Å². The maximum Gasteiger partial charge on any atom is 0.227 e. The molecule has 5 nitrogen and oxygen atoms in total. The first-order chi connectivity index (χ1) is 13.7. The average molecular weight is 378 g/mol. The number of pyridine rings is 1. The standard InChI is InChI=1S/C22H19FN2O3/c23-18-7-3-8-19(12-18)28-22-16(6-4-10-24-22)13-25-21(26)17-11-15-5-1-2-9-20(15)27-14-17/h1-10,12,17H,11,13-14H2,(H,25,26)/t17-/m1/s1. The van der Waals surface area contributed by atoms with Gasteiger partial charge in [0.05, 0.1) is 5.92 Å². The van der Waals surface area contributed by atoms with Gasteiger partial charge >= 0.3 is 0 Å². The van der Waals surface area contributed by atoms with Gasteiger partial charge < -0.3 is 14.8 Å². The number of nitrogens with zero attached hydrogens (tertiary/aromatic N) is 1. The molecule has 2 heterocycles. The molecule has 1 aromatic heterocycles. The van der Waals surface area contributed by atoms with E-state index in [0.717, 1.165) is 11.3 Å². The number of benzene rings is 2. The van der Waals surface area contributed by atoms with Crippen LogP contribution in [0.5, 0.6) is 17.4 Å². The van der Waals surface area contributed by atoms with Crippen LogP contribution in [0.2, 0.25) is 0 Å². The van der Waals surface area contributed by atoms with Crippen molar-refractivity contribution in [1.29, 1.82) is 0 Å². The van der Waals surface area contributed by atoms with Crippen LogP contribution >= 0.6 is 0 Å². The number of aromatic nitrogens is 1. The van der Waals surface area contributed by atoms with Gasteiger partial charge in [-0.05, 0) is 36.2 Å². The van der Waals surface area contributed by atoms with Gasteiger partial charge in [-0.15, -0.1) is 0 Å². The Morgan fingerprint density at radius 2 is 2.07 bits per heavy atom. The molecule has 1 aliphatic rings. The van der Waals surface area contributed by atoms with Crippen LogP contribution in [0.3, 0.4) is 0 Å². The van der Waals surface area contributed by atoms with Gasteiger partial charge in [-0.3, -0.25) is 4.79 Å². The summed E-state index contributed by atoms with van der Waals surface area (Å²) in [7, 11) is 0. The normalized spacial score (nSPS) is 15.2. The molecular formula is C22H19FN2O3. The summed E-state index contributed by atoms with van der Waals surface area (Å²) in [4.78, 5) is 16.8. The van der Waals surface area contributed by atoms with E-state index in [4.69, 9.17) is 9.47 Å². The quantitative estimate of drug-likeness (QED) is 0.732. The van der Waals surface area contributed by atoms with Crippen LogP contribution in [-0.2, 0) is 17.8 Å². The topological polar surface area (TPSA) is 60.5 Å². The third-order valence-electron chi connectivity index (χ3n) is 4.56. The first-order valence-corrected chi connectivity index (χ1v) is 9.05. The molecule has 4 rings (SSSR count). The fourth-order valence-electron chi connectivity index (χ4n) is 3.12. The monoisotopic (exact) mass is 378 g/mol. The number of carbonyl (C=O) groups is 1. The van der Waals surface area contributed by atoms with E-state index < -0.39 is 0 Å². The summed E-state index contributed by atoms with van der Waals surface area (Å²) >= 11 is 0. The highest BCUT2D eigenvalue weighted by molar-refractivity contribution is 5.79. The lowest BCUT2D eigenvalue weighted by atomic mass is 9.96. The molecule has 6 heteroatoms. The van der Waals surface area contributed by atoms with Crippen LogP contribution in [-0.4, -0.2) is 17.5 Å². The van der Waals surface area contributed by atoms with Crippen molar-refractivity contribution in [2.24, 2.45) is 5.92 Å². The molecule has 1 amide bonds. The molecular weight excluding hydrogens is 359 g/mol. The zero-order valence-corrected chi connectivity index (χ0v) is 15.1. The number of amides is 1. The molecule has 1 aliphatic heterocycles. The molecule has 0 aliphatic carbocycles. The van der Waals surface area contributed by atoms with E-state index in [-0.39, 0.29) is 24.2 Å². The summed E-state index contributed by atoms with van der Waals surface area (Å²) in [5.74, 6) is 0.793. The highest BCUT2D eigenvalue weighted by Crippen LogP contribution is 2.27. The zero-order chi connectivity index (χ0) is 19.3. The van der Waals surface area contributed by atoms with Gasteiger partial charge in [0, 0.05) is 24.4 Å². The summed E-state index contributed by atoms with van der Waals surface area (Å²) in [6, 6.07) is 17.2. The molecule has 142 valence electrons. The molecule has 0 fully saturated rings. The van der Waals surface area contributed by atoms with Gasteiger partial charge in [-0.25, -0.2) is 9.37 Å². The second kappa shape index (κ2) is 8.08. The number of carbonyl (C=O) groups excluding carboxylic acids is 1. The molecule has 0 saturated carbocycles. The number of nitrogens with one attached hydrogen (secondary N) is 1. The van der Waals surface area contributed by atoms with Gasteiger partial charge in [0.25, 0.3) is 0 Å². The molecule has 2 aromatic carbocycles. The predicted molar refractivity (Wildman–Crippen MR) is 102 cm³/mol. The van der Waals surface area contributed by atoms with Gasteiger partial charge in [-0.2, -0.15) is 0 Å². The first kappa shape index (κ1) is 18.0. The van der Waals surface area contributed by atoms with Crippen LogP contribution in [0.1, 0.15) is 11.1 Å². The van der Waals surface area contributed by atoms with Crippen molar-refractivity contribution in [3.8, 4) is 17.4 Å². The van der Waals surface area contributed by atoms with E-state index in [9.17, 15) is 9.18 Å². The molecule has 1 N–H and O–H groups in total. The summed E-state index contributed by atoms with van der Waals surface area (Å²) in [6.07, 6.45) is 2.23. The number of para-hydroxylation sites is 1. The van der Waals surface area contributed by atoms with Gasteiger partial charge in [-0.1, -0.05) is 30.3 Å². The third kappa shape index (κ3) is 4.11. The Kier molecular flexibility index (Phi) is 5.19. The number of halogens is 1. The fourth-order valence-corrected chi connectivity index (χ4v) is 3.12. The minimum atomic E-state index is -0.388. The number of hydrogen-bond acceptors (Lipinski definition) is 4. The maximum absolute atomic E-state index is 13.4. The van der Waals surface area contributed by atoms with Crippen molar-refractivity contribution >= 4 is 5.91 Å². The molecule has 28 heavy (non-hydrogen) atoms. The van der Waals surface area contributed by atoms with Gasteiger partial charge in [0.1, 0.15) is 23.9 Å². The number of hydrogen-bond donors (Lipinski definition) is 1. The lowest BCUT2D eigenvalue weighted by Crippen LogP contribution is -2.37. The van der Waals surface area contributed by atoms with Crippen molar-refractivity contribution in [3.05, 3.63) is 83.8 Å². The van der Waals surface area contributed by atoms with Crippen LogP contribution in [0.4, 0.5) is 4.39 Å². The summed E-state index contributed by atoms with van der Waals surface area (Å²) in [6.45, 7) is 0.609. The van der Waals surface area contributed by atoms with Crippen LogP contribution in [0, 0.1) is 11.7 Å². The number of ether oxygens (including phenoxy) is 2. The molecule has 0 unspecified atom stereocenters. The molecule has 1 atom stereocenters. The minimum Gasteiger partial charge on any atom is -0.492 e. The Morgan fingerprint density at radius 3 is 2.96 bits per heavy atom. The van der Waals surface area contributed by atoms with Crippen molar-refractivity contribution < 1.29 is 18.7 Å². The predicted octanol–water partition coefficient (Wildman–Crippen LogP) is 3.88. The van der Waals surface area contributed by atoms with E-state index >= 15 is 0 Å². The van der Waals surface area contributed by atoms with E-state index in [1.54, 1.807) is 24.4 Å². The Balaban J connectivity index is 1.41. The molecule has 0 spiro atoms. The van der Waals surface area contributed by atoms with Crippen molar-refractivity contribution in [2.75, 3.05) is 6.61 Å². The Morgan fingerprint density at radius 1 is 1.18 bits per heavy atom.